The predicted octanol–water partition coefficient (Wildman–Crippen LogP) is 3.69. The maximum absolute atomic E-state index is 13.4. The minimum atomic E-state index is -0.467. The lowest BCUT2D eigenvalue weighted by atomic mass is 10.0. The number of carbonyl (C=O) groups is 1. The van der Waals surface area contributed by atoms with Crippen molar-refractivity contribution in [2.75, 3.05) is 10.6 Å². The van der Waals surface area contributed by atoms with Crippen LogP contribution in [-0.4, -0.2) is 5.91 Å². The highest BCUT2D eigenvalue weighted by Crippen LogP contribution is 2.35. The fraction of sp³-hybridized carbons (Fsp3) is 0.0714. The molecule has 3 rings (SSSR count). The van der Waals surface area contributed by atoms with Crippen LogP contribution in [0, 0.1) is 5.82 Å². The molecule has 1 heterocycles. The molecule has 0 radical (unpaired) electrons. The van der Waals surface area contributed by atoms with E-state index in [4.69, 9.17) is 0 Å². The van der Waals surface area contributed by atoms with Gasteiger partial charge in [-0.15, -0.1) is 0 Å². The van der Waals surface area contributed by atoms with Gasteiger partial charge in [-0.05, 0) is 27.6 Å². The third kappa shape index (κ3) is 2.21. The molecule has 5 heteroatoms. The van der Waals surface area contributed by atoms with Crippen molar-refractivity contribution in [1.29, 1.82) is 0 Å². The van der Waals surface area contributed by atoms with E-state index in [1.165, 1.54) is 6.07 Å². The van der Waals surface area contributed by atoms with Crippen LogP contribution in [0.4, 0.5) is 15.8 Å². The number of rotatable bonds is 1. The molecule has 0 spiro atoms. The Bertz CT molecular complexity index is 645. The number of halogens is 2. The first kappa shape index (κ1) is 12.2. The second kappa shape index (κ2) is 4.66. The monoisotopic (exact) mass is 320 g/mol. The van der Waals surface area contributed by atoms with Gasteiger partial charge in [-0.2, -0.15) is 0 Å². The van der Waals surface area contributed by atoms with Gasteiger partial charge in [0.2, 0.25) is 0 Å². The van der Waals surface area contributed by atoms with Crippen molar-refractivity contribution in [2.24, 2.45) is 0 Å². The lowest BCUT2D eigenvalue weighted by molar-refractivity contribution is -0.117. The van der Waals surface area contributed by atoms with Crippen molar-refractivity contribution < 1.29 is 9.18 Å². The highest BCUT2D eigenvalue weighted by Gasteiger charge is 2.27. The van der Waals surface area contributed by atoms with Gasteiger partial charge < -0.3 is 10.6 Å². The van der Waals surface area contributed by atoms with Gasteiger partial charge in [0.1, 0.15) is 11.9 Å². The summed E-state index contributed by atoms with van der Waals surface area (Å²) < 4.78 is 13.8. The zero-order chi connectivity index (χ0) is 13.4. The fourth-order valence-corrected chi connectivity index (χ4v) is 2.42. The number of benzene rings is 2. The second-order valence-corrected chi connectivity index (χ2v) is 5.14. The van der Waals surface area contributed by atoms with E-state index in [0.717, 1.165) is 5.56 Å². The summed E-state index contributed by atoms with van der Waals surface area (Å²) in [7, 11) is 0. The predicted molar refractivity (Wildman–Crippen MR) is 75.5 cm³/mol. The number of hydrogen-bond acceptors (Lipinski definition) is 2. The van der Waals surface area contributed by atoms with E-state index in [0.29, 0.717) is 15.8 Å². The minimum absolute atomic E-state index is 0.194. The summed E-state index contributed by atoms with van der Waals surface area (Å²) in [5, 5.41) is 5.84. The van der Waals surface area contributed by atoms with Crippen molar-refractivity contribution in [3.05, 3.63) is 58.3 Å². The summed E-state index contributed by atoms with van der Waals surface area (Å²) in [6, 6.07) is 11.9. The first-order valence-corrected chi connectivity index (χ1v) is 6.56. The third-order valence-electron chi connectivity index (χ3n) is 3.01. The number of carbonyl (C=O) groups excluding carboxylic acids is 1. The van der Waals surface area contributed by atoms with Crippen molar-refractivity contribution in [2.45, 2.75) is 6.04 Å². The Hall–Kier alpha value is -1.88. The number of fused-ring (bicyclic) bond motifs is 1. The summed E-state index contributed by atoms with van der Waals surface area (Å²) >= 11 is 3.14. The molecule has 0 aromatic heterocycles. The van der Waals surface area contributed by atoms with Crippen LogP contribution in [0.1, 0.15) is 11.6 Å². The first-order valence-electron chi connectivity index (χ1n) is 5.76. The van der Waals surface area contributed by atoms with Gasteiger partial charge in [-0.3, -0.25) is 4.79 Å². The molecule has 1 aliphatic rings. The standard InChI is InChI=1S/C14H10BrFN2O/c15-9-6-11-12(7-10(9)16)18-14(19)13(17-11)8-4-2-1-3-5-8/h1-7,13,17H,(H,18,19). The van der Waals surface area contributed by atoms with Crippen LogP contribution in [0.3, 0.4) is 0 Å². The summed E-state index contributed by atoms with van der Waals surface area (Å²) in [6.07, 6.45) is 0. The maximum atomic E-state index is 13.4. The Balaban J connectivity index is 2.00. The molecule has 19 heavy (non-hydrogen) atoms. The first-order chi connectivity index (χ1) is 9.15. The Kier molecular flexibility index (Phi) is 2.98. The largest absolute Gasteiger partial charge is 0.368 e. The van der Waals surface area contributed by atoms with E-state index >= 15 is 0 Å². The van der Waals surface area contributed by atoms with Gasteiger partial charge in [-0.25, -0.2) is 4.39 Å². The Morgan fingerprint density at radius 1 is 1.11 bits per heavy atom. The number of hydrogen-bond donors (Lipinski definition) is 2. The molecule has 0 bridgehead atoms. The summed E-state index contributed by atoms with van der Waals surface area (Å²) in [6.45, 7) is 0. The molecule has 1 aliphatic heterocycles. The molecular weight excluding hydrogens is 311 g/mol. The van der Waals surface area contributed by atoms with Crippen LogP contribution in [0.5, 0.6) is 0 Å². The smallest absolute Gasteiger partial charge is 0.251 e. The van der Waals surface area contributed by atoms with Crippen LogP contribution in [0.2, 0.25) is 0 Å². The average Bonchev–Trinajstić information content (AvgIpc) is 2.41. The SMILES string of the molecule is O=C1Nc2cc(F)c(Br)cc2NC1c1ccccc1. The van der Waals surface area contributed by atoms with E-state index in [1.54, 1.807) is 6.07 Å². The van der Waals surface area contributed by atoms with E-state index < -0.39 is 11.9 Å². The quantitative estimate of drug-likeness (QED) is 0.841. The highest BCUT2D eigenvalue weighted by atomic mass is 79.9. The summed E-state index contributed by atoms with van der Waals surface area (Å²) in [5.41, 5.74) is 2.02. The van der Waals surface area contributed by atoms with Crippen molar-refractivity contribution in [1.82, 2.24) is 0 Å². The molecule has 3 nitrogen and oxygen atoms in total. The van der Waals surface area contributed by atoms with E-state index in [-0.39, 0.29) is 5.91 Å². The van der Waals surface area contributed by atoms with E-state index in [9.17, 15) is 9.18 Å². The van der Waals surface area contributed by atoms with Crippen molar-refractivity contribution in [3.63, 3.8) is 0 Å². The number of amides is 1. The summed E-state index contributed by atoms with van der Waals surface area (Å²) in [5.74, 6) is -0.598. The topological polar surface area (TPSA) is 41.1 Å². The van der Waals surface area contributed by atoms with Gasteiger partial charge in [0.25, 0.3) is 5.91 Å². The lowest BCUT2D eigenvalue weighted by Gasteiger charge is -2.27. The second-order valence-electron chi connectivity index (χ2n) is 4.29. The maximum Gasteiger partial charge on any atom is 0.251 e. The molecule has 1 atom stereocenters. The molecule has 2 aromatic rings. The van der Waals surface area contributed by atoms with Gasteiger partial charge in [0.05, 0.1) is 15.8 Å². The molecule has 1 unspecified atom stereocenters. The molecule has 0 aliphatic carbocycles. The Morgan fingerprint density at radius 2 is 1.84 bits per heavy atom. The molecule has 2 N–H and O–H groups in total. The normalized spacial score (nSPS) is 17.4. The number of nitrogens with one attached hydrogen (secondary N) is 2. The molecule has 0 saturated carbocycles. The number of anilines is 2. The van der Waals surface area contributed by atoms with Gasteiger partial charge in [-0.1, -0.05) is 30.3 Å². The van der Waals surface area contributed by atoms with E-state index in [2.05, 4.69) is 26.6 Å². The van der Waals surface area contributed by atoms with E-state index in [1.807, 2.05) is 30.3 Å². The highest BCUT2D eigenvalue weighted by molar-refractivity contribution is 9.10. The third-order valence-corrected chi connectivity index (χ3v) is 3.62. The fourth-order valence-electron chi connectivity index (χ4n) is 2.08. The Morgan fingerprint density at radius 3 is 2.58 bits per heavy atom. The van der Waals surface area contributed by atoms with Gasteiger partial charge in [0.15, 0.2) is 0 Å². The van der Waals surface area contributed by atoms with Gasteiger partial charge in [0, 0.05) is 6.07 Å². The van der Waals surface area contributed by atoms with Crippen LogP contribution in [0.25, 0.3) is 0 Å². The molecule has 1 amide bonds. The van der Waals surface area contributed by atoms with Crippen molar-refractivity contribution in [3.8, 4) is 0 Å². The molecule has 0 saturated heterocycles. The van der Waals surface area contributed by atoms with Crippen LogP contribution in [0.15, 0.2) is 46.9 Å². The van der Waals surface area contributed by atoms with Crippen LogP contribution >= 0.6 is 15.9 Å². The summed E-state index contributed by atoms with van der Waals surface area (Å²) in [4.78, 5) is 12.0. The lowest BCUT2D eigenvalue weighted by Crippen LogP contribution is -2.32. The zero-order valence-corrected chi connectivity index (χ0v) is 11.4. The molecular formula is C14H10BrFN2O. The minimum Gasteiger partial charge on any atom is -0.368 e. The van der Waals surface area contributed by atoms with Crippen LogP contribution in [-0.2, 0) is 4.79 Å². The van der Waals surface area contributed by atoms with Crippen LogP contribution < -0.4 is 10.6 Å². The van der Waals surface area contributed by atoms with Gasteiger partial charge >= 0.3 is 0 Å². The average molecular weight is 321 g/mol. The zero-order valence-electron chi connectivity index (χ0n) is 9.78. The molecule has 96 valence electrons. The van der Waals surface area contributed by atoms with Crippen molar-refractivity contribution >= 4 is 33.2 Å². The Labute approximate surface area is 118 Å². The molecule has 0 fully saturated rings. The molecule has 2 aromatic carbocycles.